The standard InChI is InChI=1S/C18H26N6O3/c1-18(2,26)11-24-15-9-12-14(10-13(15)21-17(24)25)23(16(19)20-12)4-3-22-5-7-27-8-6-22/h9-10,26H,3-8,11H2,1-2H3,(H2,19,20)(H,21,25). The minimum Gasteiger partial charge on any atom is -0.389 e. The van der Waals surface area contributed by atoms with Crippen molar-refractivity contribution in [2.24, 2.45) is 0 Å². The van der Waals surface area contributed by atoms with E-state index in [1.54, 1.807) is 13.8 Å². The van der Waals surface area contributed by atoms with Gasteiger partial charge in [0.1, 0.15) is 0 Å². The van der Waals surface area contributed by atoms with Crippen LogP contribution in [0.15, 0.2) is 16.9 Å². The Balaban J connectivity index is 1.70. The second-order valence-corrected chi connectivity index (χ2v) is 7.76. The molecule has 3 heterocycles. The molecule has 27 heavy (non-hydrogen) atoms. The van der Waals surface area contributed by atoms with Gasteiger partial charge in [0.15, 0.2) is 0 Å². The van der Waals surface area contributed by atoms with E-state index >= 15 is 0 Å². The summed E-state index contributed by atoms with van der Waals surface area (Å²) in [5.41, 5.74) is 7.98. The highest BCUT2D eigenvalue weighted by Crippen LogP contribution is 2.24. The molecule has 1 aliphatic heterocycles. The summed E-state index contributed by atoms with van der Waals surface area (Å²) in [6, 6.07) is 3.77. The molecule has 1 aliphatic rings. The first-order valence-electron chi connectivity index (χ1n) is 9.22. The lowest BCUT2D eigenvalue weighted by atomic mass is 10.1. The summed E-state index contributed by atoms with van der Waals surface area (Å²) in [6.07, 6.45) is 0. The molecule has 0 saturated carbocycles. The van der Waals surface area contributed by atoms with E-state index in [0.29, 0.717) is 17.0 Å². The molecule has 0 amide bonds. The maximum atomic E-state index is 12.3. The van der Waals surface area contributed by atoms with Gasteiger partial charge in [0.05, 0.1) is 47.4 Å². The topological polar surface area (TPSA) is 114 Å². The quantitative estimate of drug-likeness (QED) is 0.594. The Labute approximate surface area is 156 Å². The third-order valence-corrected chi connectivity index (χ3v) is 4.96. The second kappa shape index (κ2) is 6.66. The van der Waals surface area contributed by atoms with Crippen molar-refractivity contribution >= 4 is 28.0 Å². The van der Waals surface area contributed by atoms with E-state index in [0.717, 1.165) is 50.4 Å². The molecule has 2 aromatic heterocycles. The van der Waals surface area contributed by atoms with Crippen LogP contribution in [-0.2, 0) is 17.8 Å². The number of rotatable bonds is 5. The van der Waals surface area contributed by atoms with E-state index < -0.39 is 5.60 Å². The van der Waals surface area contributed by atoms with Crippen LogP contribution in [0.3, 0.4) is 0 Å². The lowest BCUT2D eigenvalue weighted by molar-refractivity contribution is 0.0366. The average Bonchev–Trinajstić information content (AvgIpc) is 3.06. The van der Waals surface area contributed by atoms with Crippen LogP contribution in [0.5, 0.6) is 0 Å². The van der Waals surface area contributed by atoms with Gasteiger partial charge in [-0.25, -0.2) is 9.78 Å². The zero-order valence-corrected chi connectivity index (χ0v) is 15.7. The minimum absolute atomic E-state index is 0.199. The van der Waals surface area contributed by atoms with Gasteiger partial charge < -0.3 is 25.1 Å². The Bertz CT molecular complexity index is 1020. The number of nitrogen functional groups attached to an aromatic ring is 1. The van der Waals surface area contributed by atoms with E-state index in [4.69, 9.17) is 10.5 Å². The maximum absolute atomic E-state index is 12.3. The summed E-state index contributed by atoms with van der Waals surface area (Å²) in [7, 11) is 0. The molecule has 0 atom stereocenters. The summed E-state index contributed by atoms with van der Waals surface area (Å²) in [6.45, 7) is 8.51. The second-order valence-electron chi connectivity index (χ2n) is 7.76. The normalized spacial score (nSPS) is 16.6. The number of benzene rings is 1. The minimum atomic E-state index is -0.996. The van der Waals surface area contributed by atoms with Crippen LogP contribution in [0.2, 0.25) is 0 Å². The Kier molecular flexibility index (Phi) is 4.45. The summed E-state index contributed by atoms with van der Waals surface area (Å²) in [5.74, 6) is 0.460. The Morgan fingerprint density at radius 1 is 1.22 bits per heavy atom. The molecular formula is C18H26N6O3. The molecule has 146 valence electrons. The molecule has 9 heteroatoms. The highest BCUT2D eigenvalue weighted by atomic mass is 16.5. The lowest BCUT2D eigenvalue weighted by Gasteiger charge is -2.26. The van der Waals surface area contributed by atoms with E-state index in [9.17, 15) is 9.90 Å². The van der Waals surface area contributed by atoms with Crippen molar-refractivity contribution in [3.05, 3.63) is 22.6 Å². The van der Waals surface area contributed by atoms with Crippen LogP contribution >= 0.6 is 0 Å². The van der Waals surface area contributed by atoms with Crippen molar-refractivity contribution in [1.29, 1.82) is 0 Å². The van der Waals surface area contributed by atoms with Gasteiger partial charge in [0, 0.05) is 26.2 Å². The Morgan fingerprint density at radius 3 is 2.67 bits per heavy atom. The Morgan fingerprint density at radius 2 is 1.96 bits per heavy atom. The SMILES string of the molecule is CC(C)(O)Cn1c(=O)[nH]c2cc3c(cc21)nc(N)n3CCN1CCOCC1. The monoisotopic (exact) mass is 374 g/mol. The van der Waals surface area contributed by atoms with Crippen LogP contribution in [0.1, 0.15) is 13.8 Å². The highest BCUT2D eigenvalue weighted by Gasteiger charge is 2.19. The van der Waals surface area contributed by atoms with Gasteiger partial charge in [-0.2, -0.15) is 0 Å². The fraction of sp³-hybridized carbons (Fsp3) is 0.556. The molecule has 4 rings (SSSR count). The van der Waals surface area contributed by atoms with Gasteiger partial charge in [-0.05, 0) is 26.0 Å². The van der Waals surface area contributed by atoms with Crippen LogP contribution in [0.25, 0.3) is 22.1 Å². The smallest absolute Gasteiger partial charge is 0.326 e. The number of H-pyrrole nitrogens is 1. The predicted molar refractivity (Wildman–Crippen MR) is 104 cm³/mol. The van der Waals surface area contributed by atoms with Crippen LogP contribution in [0.4, 0.5) is 5.95 Å². The number of anilines is 1. The first kappa shape index (κ1) is 18.0. The van der Waals surface area contributed by atoms with E-state index in [-0.39, 0.29) is 12.2 Å². The van der Waals surface area contributed by atoms with Crippen molar-refractivity contribution in [1.82, 2.24) is 24.0 Å². The van der Waals surface area contributed by atoms with Crippen LogP contribution < -0.4 is 11.4 Å². The number of nitrogens with zero attached hydrogens (tertiary/aromatic N) is 4. The van der Waals surface area contributed by atoms with Crippen LogP contribution in [0, 0.1) is 0 Å². The largest absolute Gasteiger partial charge is 0.389 e. The lowest BCUT2D eigenvalue weighted by Crippen LogP contribution is -2.38. The molecule has 3 aromatic rings. The molecule has 9 nitrogen and oxygen atoms in total. The molecule has 4 N–H and O–H groups in total. The molecule has 0 spiro atoms. The van der Waals surface area contributed by atoms with Gasteiger partial charge in [0.2, 0.25) is 5.95 Å². The van der Waals surface area contributed by atoms with Crippen molar-refractivity contribution in [2.75, 3.05) is 38.6 Å². The average molecular weight is 374 g/mol. The number of hydrogen-bond acceptors (Lipinski definition) is 6. The number of nitrogens with one attached hydrogen (secondary N) is 1. The first-order valence-corrected chi connectivity index (χ1v) is 9.22. The summed E-state index contributed by atoms with van der Waals surface area (Å²) in [5, 5.41) is 10.1. The molecule has 0 aliphatic carbocycles. The van der Waals surface area contributed by atoms with Gasteiger partial charge in [0.25, 0.3) is 0 Å². The van der Waals surface area contributed by atoms with Crippen molar-refractivity contribution < 1.29 is 9.84 Å². The number of nitrogens with two attached hydrogens (primary N) is 1. The third kappa shape index (κ3) is 3.58. The van der Waals surface area contributed by atoms with E-state index in [1.165, 1.54) is 4.57 Å². The van der Waals surface area contributed by atoms with Gasteiger partial charge >= 0.3 is 5.69 Å². The zero-order chi connectivity index (χ0) is 19.2. The number of aromatic amines is 1. The summed E-state index contributed by atoms with van der Waals surface area (Å²) < 4.78 is 8.91. The summed E-state index contributed by atoms with van der Waals surface area (Å²) in [4.78, 5) is 22.0. The van der Waals surface area contributed by atoms with Gasteiger partial charge in [-0.3, -0.25) is 9.47 Å². The fourth-order valence-corrected chi connectivity index (χ4v) is 3.64. The highest BCUT2D eigenvalue weighted by molar-refractivity contribution is 5.92. The maximum Gasteiger partial charge on any atom is 0.326 e. The van der Waals surface area contributed by atoms with Crippen molar-refractivity contribution in [3.8, 4) is 0 Å². The molecular weight excluding hydrogens is 348 g/mol. The molecule has 0 radical (unpaired) electrons. The number of morpholine rings is 1. The zero-order valence-electron chi connectivity index (χ0n) is 15.7. The Hall–Kier alpha value is -2.36. The first-order chi connectivity index (χ1) is 12.8. The summed E-state index contributed by atoms with van der Waals surface area (Å²) >= 11 is 0. The number of hydrogen-bond donors (Lipinski definition) is 3. The van der Waals surface area contributed by atoms with Crippen LogP contribution in [-0.4, -0.2) is 67.6 Å². The number of ether oxygens (including phenoxy) is 1. The molecule has 0 unspecified atom stereocenters. The molecule has 1 fully saturated rings. The number of aliphatic hydroxyl groups is 1. The van der Waals surface area contributed by atoms with Crippen molar-refractivity contribution in [3.63, 3.8) is 0 Å². The number of imidazole rings is 2. The van der Waals surface area contributed by atoms with E-state index in [2.05, 4.69) is 14.9 Å². The number of aromatic nitrogens is 4. The van der Waals surface area contributed by atoms with Gasteiger partial charge in [-0.15, -0.1) is 0 Å². The number of fused-ring (bicyclic) bond motifs is 2. The molecule has 1 aromatic carbocycles. The van der Waals surface area contributed by atoms with Crippen molar-refractivity contribution in [2.45, 2.75) is 32.5 Å². The van der Waals surface area contributed by atoms with E-state index in [1.807, 2.05) is 16.7 Å². The molecule has 1 saturated heterocycles. The third-order valence-electron chi connectivity index (χ3n) is 4.96. The fourth-order valence-electron chi connectivity index (χ4n) is 3.64. The predicted octanol–water partition coefficient (Wildman–Crippen LogP) is 0.365. The molecule has 0 bridgehead atoms. The van der Waals surface area contributed by atoms with Gasteiger partial charge in [-0.1, -0.05) is 0 Å².